The summed E-state index contributed by atoms with van der Waals surface area (Å²) in [7, 11) is 0. The molecule has 1 rings (SSSR count). The predicted molar refractivity (Wildman–Crippen MR) is 47.4 cm³/mol. The third-order valence-corrected chi connectivity index (χ3v) is 1.65. The van der Waals surface area contributed by atoms with Gasteiger partial charge in [-0.15, -0.1) is 0 Å². The summed E-state index contributed by atoms with van der Waals surface area (Å²) in [5.41, 5.74) is 0.725. The van der Waals surface area contributed by atoms with E-state index in [0.29, 0.717) is 0 Å². The van der Waals surface area contributed by atoms with E-state index in [-0.39, 0.29) is 17.2 Å². The van der Waals surface area contributed by atoms with E-state index in [1.165, 1.54) is 0 Å². The van der Waals surface area contributed by atoms with Crippen LogP contribution in [0.1, 0.15) is 25.5 Å². The van der Waals surface area contributed by atoms with Crippen molar-refractivity contribution in [3.8, 4) is 0 Å². The van der Waals surface area contributed by atoms with Gasteiger partial charge in [0.25, 0.3) is 5.56 Å². The molecule has 0 aliphatic heterocycles. The first-order valence-corrected chi connectivity index (χ1v) is 3.76. The number of pyridine rings is 1. The minimum Gasteiger partial charge on any atom is -0.335 e. The molecule has 0 radical (unpaired) electrons. The van der Waals surface area contributed by atoms with Crippen molar-refractivity contribution in [2.75, 3.05) is 0 Å². The van der Waals surface area contributed by atoms with E-state index in [2.05, 4.69) is 9.83 Å². The number of hydrogen-bond donors (Lipinski definition) is 1. The number of rotatable bonds is 1. The van der Waals surface area contributed by atoms with E-state index in [9.17, 15) is 4.79 Å². The van der Waals surface area contributed by atoms with Gasteiger partial charge in [0.1, 0.15) is 0 Å². The fourth-order valence-corrected chi connectivity index (χ4v) is 0.906. The number of hydrogen-bond acceptors (Lipinski definition) is 1. The SMILES string of the molecule is [C-]#[N+]c1ccc(C(C)C)[nH]c1=O. The molecule has 3 nitrogen and oxygen atoms in total. The molecule has 1 aromatic heterocycles. The van der Waals surface area contributed by atoms with Crippen LogP contribution < -0.4 is 5.56 Å². The fourth-order valence-electron chi connectivity index (χ4n) is 0.906. The van der Waals surface area contributed by atoms with Crippen molar-refractivity contribution < 1.29 is 0 Å². The molecule has 3 heteroatoms. The highest BCUT2D eigenvalue weighted by atomic mass is 16.1. The summed E-state index contributed by atoms with van der Waals surface area (Å²) in [5, 5.41) is 0. The standard InChI is InChI=1S/C9H10N2O/c1-6(2)7-4-5-8(10-3)9(12)11-7/h4-6H,1-2H3,(H,11,12). The van der Waals surface area contributed by atoms with Crippen molar-refractivity contribution in [3.05, 3.63) is 39.6 Å². The van der Waals surface area contributed by atoms with Crippen molar-refractivity contribution in [2.45, 2.75) is 19.8 Å². The summed E-state index contributed by atoms with van der Waals surface area (Å²) < 4.78 is 0. The maximum Gasteiger partial charge on any atom is 0.254 e. The van der Waals surface area contributed by atoms with E-state index in [1.54, 1.807) is 12.1 Å². The molecule has 1 aromatic rings. The molecule has 1 N–H and O–H groups in total. The predicted octanol–water partition coefficient (Wildman–Crippen LogP) is 2.05. The highest BCUT2D eigenvalue weighted by molar-refractivity contribution is 5.41. The molecule has 0 aromatic carbocycles. The Morgan fingerprint density at radius 3 is 2.58 bits per heavy atom. The highest BCUT2D eigenvalue weighted by Gasteiger charge is 2.02. The van der Waals surface area contributed by atoms with E-state index in [4.69, 9.17) is 6.57 Å². The Hall–Kier alpha value is -1.56. The lowest BCUT2D eigenvalue weighted by Crippen LogP contribution is -2.08. The van der Waals surface area contributed by atoms with Gasteiger partial charge in [0.15, 0.2) is 0 Å². The van der Waals surface area contributed by atoms with Gasteiger partial charge < -0.3 is 4.98 Å². The minimum absolute atomic E-state index is 0.152. The lowest BCUT2D eigenvalue weighted by Gasteiger charge is -2.03. The number of nitrogens with one attached hydrogen (secondary N) is 1. The average molecular weight is 162 g/mol. The number of nitrogens with zero attached hydrogens (tertiary/aromatic N) is 1. The van der Waals surface area contributed by atoms with Crippen molar-refractivity contribution in [1.82, 2.24) is 4.98 Å². The first-order chi connectivity index (χ1) is 5.65. The third kappa shape index (κ3) is 1.54. The molecule has 0 amide bonds. The zero-order valence-corrected chi connectivity index (χ0v) is 7.09. The Morgan fingerprint density at radius 1 is 1.50 bits per heavy atom. The van der Waals surface area contributed by atoms with Crippen LogP contribution in [0.15, 0.2) is 16.9 Å². The van der Waals surface area contributed by atoms with Gasteiger partial charge in [0, 0.05) is 5.69 Å². The molecule has 0 aliphatic carbocycles. The quantitative estimate of drug-likeness (QED) is 0.630. The highest BCUT2D eigenvalue weighted by Crippen LogP contribution is 2.11. The van der Waals surface area contributed by atoms with Crippen LogP contribution in [0, 0.1) is 6.57 Å². The second-order valence-electron chi connectivity index (χ2n) is 2.89. The Morgan fingerprint density at radius 2 is 2.17 bits per heavy atom. The molecule has 0 atom stereocenters. The first kappa shape index (κ1) is 8.54. The molecule has 0 aliphatic rings. The molecule has 62 valence electrons. The molecule has 0 spiro atoms. The summed E-state index contributed by atoms with van der Waals surface area (Å²) in [6, 6.07) is 3.33. The molecular weight excluding hydrogens is 152 g/mol. The van der Waals surface area contributed by atoms with Crippen LogP contribution in [0.5, 0.6) is 0 Å². The van der Waals surface area contributed by atoms with Crippen LogP contribution >= 0.6 is 0 Å². The number of aromatic nitrogens is 1. The van der Waals surface area contributed by atoms with Crippen LogP contribution in [-0.4, -0.2) is 4.98 Å². The summed E-state index contributed by atoms with van der Waals surface area (Å²) in [6.07, 6.45) is 0. The van der Waals surface area contributed by atoms with Gasteiger partial charge in [0.2, 0.25) is 5.69 Å². The zero-order chi connectivity index (χ0) is 9.14. The normalized spacial score (nSPS) is 9.83. The Labute approximate surface area is 70.9 Å². The van der Waals surface area contributed by atoms with E-state index < -0.39 is 0 Å². The van der Waals surface area contributed by atoms with Gasteiger partial charge in [0.05, 0.1) is 6.57 Å². The largest absolute Gasteiger partial charge is 0.335 e. The Balaban J connectivity index is 3.22. The minimum atomic E-state index is -0.295. The van der Waals surface area contributed by atoms with Gasteiger partial charge in [-0.2, -0.15) is 0 Å². The fraction of sp³-hybridized carbons (Fsp3) is 0.333. The maximum absolute atomic E-state index is 11.1. The monoisotopic (exact) mass is 162 g/mol. The Kier molecular flexibility index (Phi) is 2.29. The second kappa shape index (κ2) is 3.22. The molecule has 0 fully saturated rings. The lowest BCUT2D eigenvalue weighted by atomic mass is 10.1. The van der Waals surface area contributed by atoms with Crippen molar-refractivity contribution in [3.63, 3.8) is 0 Å². The van der Waals surface area contributed by atoms with Gasteiger partial charge in [-0.05, 0) is 12.0 Å². The van der Waals surface area contributed by atoms with Gasteiger partial charge in [-0.25, -0.2) is 4.85 Å². The third-order valence-electron chi connectivity index (χ3n) is 1.65. The zero-order valence-electron chi connectivity index (χ0n) is 7.09. The molecule has 0 unspecified atom stereocenters. The van der Waals surface area contributed by atoms with Crippen molar-refractivity contribution >= 4 is 5.69 Å². The smallest absolute Gasteiger partial charge is 0.254 e. The summed E-state index contributed by atoms with van der Waals surface area (Å²) in [5.74, 6) is 0.289. The topological polar surface area (TPSA) is 37.2 Å². The number of H-pyrrole nitrogens is 1. The molecule has 1 heterocycles. The lowest BCUT2D eigenvalue weighted by molar-refractivity contribution is 0.817. The molecule has 0 saturated carbocycles. The number of aromatic amines is 1. The maximum atomic E-state index is 11.1. The molecule has 12 heavy (non-hydrogen) atoms. The Bertz CT molecular complexity index is 371. The van der Waals surface area contributed by atoms with Crippen molar-refractivity contribution in [2.24, 2.45) is 0 Å². The van der Waals surface area contributed by atoms with E-state index in [1.807, 2.05) is 13.8 Å². The van der Waals surface area contributed by atoms with Crippen LogP contribution in [-0.2, 0) is 0 Å². The summed E-state index contributed by atoms with van der Waals surface area (Å²) in [4.78, 5) is 16.8. The van der Waals surface area contributed by atoms with Crippen LogP contribution in [0.3, 0.4) is 0 Å². The second-order valence-corrected chi connectivity index (χ2v) is 2.89. The first-order valence-electron chi connectivity index (χ1n) is 3.76. The summed E-state index contributed by atoms with van der Waals surface area (Å²) in [6.45, 7) is 10.6. The van der Waals surface area contributed by atoms with E-state index in [0.717, 1.165) is 5.69 Å². The molecular formula is C9H10N2O. The average Bonchev–Trinajstić information content (AvgIpc) is 2.04. The summed E-state index contributed by atoms with van der Waals surface area (Å²) >= 11 is 0. The molecule has 0 bridgehead atoms. The van der Waals surface area contributed by atoms with Crippen LogP contribution in [0.2, 0.25) is 0 Å². The van der Waals surface area contributed by atoms with Crippen LogP contribution in [0.4, 0.5) is 5.69 Å². The van der Waals surface area contributed by atoms with E-state index >= 15 is 0 Å². The molecule has 0 saturated heterocycles. The van der Waals surface area contributed by atoms with Crippen LogP contribution in [0.25, 0.3) is 4.85 Å². The van der Waals surface area contributed by atoms with Gasteiger partial charge in [-0.3, -0.25) is 4.79 Å². The van der Waals surface area contributed by atoms with Gasteiger partial charge >= 0.3 is 0 Å². The van der Waals surface area contributed by atoms with Gasteiger partial charge in [-0.1, -0.05) is 19.9 Å². The van der Waals surface area contributed by atoms with Crippen molar-refractivity contribution in [1.29, 1.82) is 0 Å².